The van der Waals surface area contributed by atoms with E-state index in [9.17, 15) is 4.79 Å². The molecule has 1 heteroatoms. The first-order valence-electron chi connectivity index (χ1n) is 5.83. The average molecular weight is 202 g/mol. The van der Waals surface area contributed by atoms with Gasteiger partial charge in [-0.1, -0.05) is 18.7 Å². The van der Waals surface area contributed by atoms with Crippen molar-refractivity contribution >= 4 is 5.78 Å². The van der Waals surface area contributed by atoms with Gasteiger partial charge in [-0.3, -0.25) is 4.79 Å². The van der Waals surface area contributed by atoms with Gasteiger partial charge in [0.2, 0.25) is 0 Å². The lowest BCUT2D eigenvalue weighted by atomic mass is 9.71. The Hall–Kier alpha value is -1.11. The zero-order valence-corrected chi connectivity index (χ0v) is 9.38. The molecule has 0 saturated heterocycles. The topological polar surface area (TPSA) is 17.1 Å². The summed E-state index contributed by atoms with van der Waals surface area (Å²) < 4.78 is 0. The van der Waals surface area contributed by atoms with E-state index in [1.807, 2.05) is 19.1 Å². The molecule has 0 spiro atoms. The molecule has 1 atom stereocenters. The van der Waals surface area contributed by atoms with E-state index < -0.39 is 0 Å². The lowest BCUT2D eigenvalue weighted by molar-refractivity contribution is -0.116. The van der Waals surface area contributed by atoms with Crippen LogP contribution in [0.15, 0.2) is 35.5 Å². The van der Waals surface area contributed by atoms with Gasteiger partial charge in [0.15, 0.2) is 5.78 Å². The quantitative estimate of drug-likeness (QED) is 0.594. The number of carbonyl (C=O) groups is 1. The summed E-state index contributed by atoms with van der Waals surface area (Å²) in [6.07, 6.45) is 9.31. The van der Waals surface area contributed by atoms with Crippen LogP contribution in [-0.2, 0) is 4.79 Å². The number of hydrogen-bond acceptors (Lipinski definition) is 1. The molecule has 0 aromatic rings. The van der Waals surface area contributed by atoms with Gasteiger partial charge < -0.3 is 0 Å². The van der Waals surface area contributed by atoms with Crippen molar-refractivity contribution in [3.8, 4) is 0 Å². The summed E-state index contributed by atoms with van der Waals surface area (Å²) in [7, 11) is 0. The standard InChI is InChI=1S/C14H18O/c1-3-10-6-5-7-11-8-9-13(15)12(4-2)14(10)11/h3-4,11H,1,5-9H2,2H3/b12-4-. The van der Waals surface area contributed by atoms with Crippen molar-refractivity contribution in [1.82, 2.24) is 0 Å². The van der Waals surface area contributed by atoms with Crippen LogP contribution in [0.5, 0.6) is 0 Å². The van der Waals surface area contributed by atoms with Gasteiger partial charge in [0.25, 0.3) is 0 Å². The number of carbonyl (C=O) groups excluding carboxylic acids is 1. The van der Waals surface area contributed by atoms with Gasteiger partial charge in [-0.15, -0.1) is 0 Å². The highest BCUT2D eigenvalue weighted by Gasteiger charge is 2.31. The predicted molar refractivity (Wildman–Crippen MR) is 62.6 cm³/mol. The van der Waals surface area contributed by atoms with E-state index >= 15 is 0 Å². The van der Waals surface area contributed by atoms with Gasteiger partial charge in [-0.2, -0.15) is 0 Å². The van der Waals surface area contributed by atoms with E-state index in [4.69, 9.17) is 0 Å². The van der Waals surface area contributed by atoms with Crippen molar-refractivity contribution < 1.29 is 4.79 Å². The Morgan fingerprint density at radius 2 is 2.13 bits per heavy atom. The van der Waals surface area contributed by atoms with Crippen LogP contribution in [0.4, 0.5) is 0 Å². The van der Waals surface area contributed by atoms with Crippen molar-refractivity contribution in [1.29, 1.82) is 0 Å². The number of fused-ring (bicyclic) bond motifs is 1. The molecule has 1 unspecified atom stereocenters. The van der Waals surface area contributed by atoms with Crippen LogP contribution < -0.4 is 0 Å². The molecular formula is C14H18O. The van der Waals surface area contributed by atoms with Crippen LogP contribution in [0.2, 0.25) is 0 Å². The molecule has 80 valence electrons. The maximum atomic E-state index is 11.8. The summed E-state index contributed by atoms with van der Waals surface area (Å²) in [4.78, 5) is 11.8. The molecule has 15 heavy (non-hydrogen) atoms. The second-order valence-corrected chi connectivity index (χ2v) is 4.40. The van der Waals surface area contributed by atoms with Gasteiger partial charge in [0.1, 0.15) is 0 Å². The zero-order chi connectivity index (χ0) is 10.8. The van der Waals surface area contributed by atoms with Crippen LogP contribution in [0.25, 0.3) is 0 Å². The highest BCUT2D eigenvalue weighted by atomic mass is 16.1. The van der Waals surface area contributed by atoms with Gasteiger partial charge in [0.05, 0.1) is 0 Å². The van der Waals surface area contributed by atoms with E-state index in [1.54, 1.807) is 0 Å². The fourth-order valence-corrected chi connectivity index (χ4v) is 2.88. The fourth-order valence-electron chi connectivity index (χ4n) is 2.88. The smallest absolute Gasteiger partial charge is 0.162 e. The monoisotopic (exact) mass is 202 g/mol. The molecule has 2 aliphatic carbocycles. The highest BCUT2D eigenvalue weighted by Crippen LogP contribution is 2.41. The molecule has 0 N–H and O–H groups in total. The van der Waals surface area contributed by atoms with E-state index in [-0.39, 0.29) is 0 Å². The lowest BCUT2D eigenvalue weighted by Crippen LogP contribution is -2.24. The first kappa shape index (κ1) is 10.4. The zero-order valence-electron chi connectivity index (χ0n) is 9.38. The third-order valence-corrected chi connectivity index (χ3v) is 3.60. The Labute approximate surface area is 91.6 Å². The first-order valence-corrected chi connectivity index (χ1v) is 5.83. The first-order chi connectivity index (χ1) is 7.27. The van der Waals surface area contributed by atoms with Crippen molar-refractivity contribution in [2.45, 2.75) is 39.0 Å². The summed E-state index contributed by atoms with van der Waals surface area (Å²) >= 11 is 0. The normalized spacial score (nSPS) is 29.3. The van der Waals surface area contributed by atoms with Crippen molar-refractivity contribution in [3.05, 3.63) is 35.5 Å². The third kappa shape index (κ3) is 1.71. The summed E-state index contributed by atoms with van der Waals surface area (Å²) in [5.41, 5.74) is 3.60. The van der Waals surface area contributed by atoms with E-state index in [0.29, 0.717) is 11.7 Å². The van der Waals surface area contributed by atoms with E-state index in [1.165, 1.54) is 24.0 Å². The van der Waals surface area contributed by atoms with E-state index in [0.717, 1.165) is 24.8 Å². The molecule has 1 fully saturated rings. The van der Waals surface area contributed by atoms with Gasteiger partial charge in [-0.25, -0.2) is 0 Å². The predicted octanol–water partition coefficient (Wildman–Crippen LogP) is 3.58. The van der Waals surface area contributed by atoms with Crippen LogP contribution in [0.1, 0.15) is 39.0 Å². The van der Waals surface area contributed by atoms with Crippen molar-refractivity contribution in [2.75, 3.05) is 0 Å². The Bertz CT molecular complexity index is 358. The molecular weight excluding hydrogens is 184 g/mol. The number of Topliss-reactive ketones (excluding diaryl/α,β-unsaturated/α-hetero) is 1. The molecule has 1 nitrogen and oxygen atoms in total. The summed E-state index contributed by atoms with van der Waals surface area (Å²) in [5, 5.41) is 0. The summed E-state index contributed by atoms with van der Waals surface area (Å²) in [5.74, 6) is 0.945. The van der Waals surface area contributed by atoms with E-state index in [2.05, 4.69) is 6.58 Å². The Balaban J connectivity index is 2.49. The minimum Gasteiger partial charge on any atom is -0.294 e. The van der Waals surface area contributed by atoms with Gasteiger partial charge in [-0.05, 0) is 49.7 Å². The molecule has 2 rings (SSSR count). The molecule has 0 bridgehead atoms. The van der Waals surface area contributed by atoms with Crippen LogP contribution in [0, 0.1) is 5.92 Å². The minimum atomic E-state index is 0.324. The lowest BCUT2D eigenvalue weighted by Gasteiger charge is -2.32. The summed E-state index contributed by atoms with van der Waals surface area (Å²) in [6, 6.07) is 0. The molecule has 2 aliphatic rings. The third-order valence-electron chi connectivity index (χ3n) is 3.60. The Kier molecular flexibility index (Phi) is 2.90. The minimum absolute atomic E-state index is 0.324. The maximum absolute atomic E-state index is 11.8. The number of allylic oxidation sites excluding steroid dienone is 5. The van der Waals surface area contributed by atoms with Crippen LogP contribution in [0.3, 0.4) is 0 Å². The van der Waals surface area contributed by atoms with Gasteiger partial charge >= 0.3 is 0 Å². The highest BCUT2D eigenvalue weighted by molar-refractivity contribution is 6.01. The fraction of sp³-hybridized carbons (Fsp3) is 0.500. The molecule has 0 aliphatic heterocycles. The SMILES string of the molecule is C=CC1=C2/C(=C\C)C(=O)CCC2CCC1. The second kappa shape index (κ2) is 4.18. The molecule has 0 aromatic heterocycles. The second-order valence-electron chi connectivity index (χ2n) is 4.40. The maximum Gasteiger partial charge on any atom is 0.162 e. The van der Waals surface area contributed by atoms with Gasteiger partial charge in [0, 0.05) is 12.0 Å². The summed E-state index contributed by atoms with van der Waals surface area (Å²) in [6.45, 7) is 5.84. The molecule has 1 saturated carbocycles. The number of ketones is 1. The number of hydrogen-bond donors (Lipinski definition) is 0. The van der Waals surface area contributed by atoms with Crippen LogP contribution >= 0.6 is 0 Å². The van der Waals surface area contributed by atoms with Crippen molar-refractivity contribution in [3.63, 3.8) is 0 Å². The molecule has 0 aromatic carbocycles. The Morgan fingerprint density at radius 1 is 1.33 bits per heavy atom. The molecule has 0 amide bonds. The van der Waals surface area contributed by atoms with Crippen LogP contribution in [-0.4, -0.2) is 5.78 Å². The van der Waals surface area contributed by atoms with Crippen molar-refractivity contribution in [2.24, 2.45) is 5.92 Å². The Morgan fingerprint density at radius 3 is 2.80 bits per heavy atom. The largest absolute Gasteiger partial charge is 0.294 e. The molecule has 0 heterocycles. The number of rotatable bonds is 1. The molecule has 0 radical (unpaired) electrons. The average Bonchev–Trinajstić information content (AvgIpc) is 2.28.